The van der Waals surface area contributed by atoms with Gasteiger partial charge in [-0.25, -0.2) is 14.8 Å². The number of carbonyl (C=O) groups is 1. The molecule has 0 amide bonds. The van der Waals surface area contributed by atoms with Crippen LogP contribution in [0.3, 0.4) is 0 Å². The van der Waals surface area contributed by atoms with Gasteiger partial charge in [-0.1, -0.05) is 13.3 Å². The average Bonchev–Trinajstić information content (AvgIpc) is 2.46. The van der Waals surface area contributed by atoms with Gasteiger partial charge in [0, 0.05) is 19.3 Å². The van der Waals surface area contributed by atoms with Gasteiger partial charge in [-0.2, -0.15) is 0 Å². The standard InChI is InChI=1S/C15H23N3O2/c1-4-11-5-7-12(8-6-11)18(3)15-16-9-13(14(19)20)10(2)17-15/h9,11-12H,4-8H2,1-3H3,(H,19,20). The third kappa shape index (κ3) is 3.08. The van der Waals surface area contributed by atoms with E-state index in [-0.39, 0.29) is 5.56 Å². The normalized spacial score (nSPS) is 22.6. The van der Waals surface area contributed by atoms with Gasteiger partial charge in [-0.3, -0.25) is 0 Å². The fourth-order valence-corrected chi connectivity index (χ4v) is 2.94. The molecule has 0 aromatic carbocycles. The maximum Gasteiger partial charge on any atom is 0.339 e. The van der Waals surface area contributed by atoms with Crippen LogP contribution in [0.2, 0.25) is 0 Å². The molecule has 0 radical (unpaired) electrons. The molecule has 110 valence electrons. The molecule has 0 saturated heterocycles. The Balaban J connectivity index is 2.08. The predicted molar refractivity (Wildman–Crippen MR) is 78.2 cm³/mol. The molecule has 20 heavy (non-hydrogen) atoms. The Hall–Kier alpha value is -1.65. The zero-order valence-corrected chi connectivity index (χ0v) is 12.5. The number of aromatic nitrogens is 2. The van der Waals surface area contributed by atoms with E-state index in [0.717, 1.165) is 18.8 Å². The summed E-state index contributed by atoms with van der Waals surface area (Å²) in [6, 6.07) is 0.466. The van der Waals surface area contributed by atoms with Crippen molar-refractivity contribution in [3.8, 4) is 0 Å². The number of aryl methyl sites for hydroxylation is 1. The number of hydrogen-bond donors (Lipinski definition) is 1. The van der Waals surface area contributed by atoms with Crippen LogP contribution >= 0.6 is 0 Å². The lowest BCUT2D eigenvalue weighted by atomic mass is 9.84. The number of carboxylic acids is 1. The third-order valence-corrected chi connectivity index (χ3v) is 4.45. The third-order valence-electron chi connectivity index (χ3n) is 4.45. The molecule has 0 atom stereocenters. The first kappa shape index (κ1) is 14.8. The second-order valence-corrected chi connectivity index (χ2v) is 5.67. The minimum Gasteiger partial charge on any atom is -0.478 e. The molecule has 0 unspecified atom stereocenters. The van der Waals surface area contributed by atoms with Crippen LogP contribution in [-0.4, -0.2) is 34.1 Å². The largest absolute Gasteiger partial charge is 0.478 e. The summed E-state index contributed by atoms with van der Waals surface area (Å²) in [6.07, 6.45) is 7.53. The zero-order valence-electron chi connectivity index (χ0n) is 12.5. The summed E-state index contributed by atoms with van der Waals surface area (Å²) >= 11 is 0. The highest BCUT2D eigenvalue weighted by Crippen LogP contribution is 2.30. The zero-order chi connectivity index (χ0) is 14.7. The number of hydrogen-bond acceptors (Lipinski definition) is 4. The number of rotatable bonds is 4. The fourth-order valence-electron chi connectivity index (χ4n) is 2.94. The van der Waals surface area contributed by atoms with Crippen LogP contribution in [0.15, 0.2) is 6.20 Å². The van der Waals surface area contributed by atoms with E-state index in [1.807, 2.05) is 7.05 Å². The lowest BCUT2D eigenvalue weighted by Crippen LogP contribution is -2.36. The fraction of sp³-hybridized carbons (Fsp3) is 0.667. The molecule has 5 heteroatoms. The minimum atomic E-state index is -0.972. The van der Waals surface area contributed by atoms with Crippen molar-refractivity contribution < 1.29 is 9.90 Å². The molecule has 1 heterocycles. The Labute approximate surface area is 120 Å². The van der Waals surface area contributed by atoms with Crippen LogP contribution in [0, 0.1) is 12.8 Å². The lowest BCUT2D eigenvalue weighted by Gasteiger charge is -2.34. The summed E-state index contributed by atoms with van der Waals surface area (Å²) in [5.41, 5.74) is 0.702. The second-order valence-electron chi connectivity index (χ2n) is 5.67. The van der Waals surface area contributed by atoms with Crippen molar-refractivity contribution in [1.29, 1.82) is 0 Å². The molecule has 1 aliphatic rings. The van der Waals surface area contributed by atoms with E-state index in [2.05, 4.69) is 21.8 Å². The van der Waals surface area contributed by atoms with Crippen LogP contribution in [0.5, 0.6) is 0 Å². The van der Waals surface area contributed by atoms with Crippen molar-refractivity contribution in [3.05, 3.63) is 17.5 Å². The Morgan fingerprint density at radius 1 is 1.40 bits per heavy atom. The summed E-state index contributed by atoms with van der Waals surface area (Å²) in [6.45, 7) is 3.97. The van der Waals surface area contributed by atoms with Crippen molar-refractivity contribution in [2.75, 3.05) is 11.9 Å². The number of anilines is 1. The van der Waals surface area contributed by atoms with Crippen molar-refractivity contribution >= 4 is 11.9 Å². The molecule has 1 aromatic heterocycles. The molecule has 5 nitrogen and oxygen atoms in total. The van der Waals surface area contributed by atoms with Gasteiger partial charge in [-0.15, -0.1) is 0 Å². The Kier molecular flexibility index (Phi) is 4.57. The van der Waals surface area contributed by atoms with E-state index in [9.17, 15) is 4.79 Å². The molecule has 1 aromatic rings. The minimum absolute atomic E-state index is 0.178. The number of aromatic carboxylic acids is 1. The van der Waals surface area contributed by atoms with Crippen molar-refractivity contribution in [1.82, 2.24) is 9.97 Å². The van der Waals surface area contributed by atoms with Crippen LogP contribution in [0.4, 0.5) is 5.95 Å². The van der Waals surface area contributed by atoms with Gasteiger partial charge in [0.1, 0.15) is 0 Å². The molecule has 0 spiro atoms. The van der Waals surface area contributed by atoms with E-state index < -0.39 is 5.97 Å². The summed E-state index contributed by atoms with van der Waals surface area (Å²) < 4.78 is 0. The van der Waals surface area contributed by atoms with Crippen LogP contribution < -0.4 is 4.90 Å². The highest BCUT2D eigenvalue weighted by atomic mass is 16.4. The predicted octanol–water partition coefficient (Wildman–Crippen LogP) is 2.89. The summed E-state index contributed by atoms with van der Waals surface area (Å²) in [4.78, 5) is 21.6. The first-order valence-electron chi connectivity index (χ1n) is 7.32. The molecule has 1 fully saturated rings. The summed E-state index contributed by atoms with van der Waals surface area (Å²) in [5.74, 6) is 0.518. The van der Waals surface area contributed by atoms with Gasteiger partial charge >= 0.3 is 5.97 Å². The smallest absolute Gasteiger partial charge is 0.339 e. The van der Waals surface area contributed by atoms with E-state index in [0.29, 0.717) is 17.7 Å². The van der Waals surface area contributed by atoms with E-state index >= 15 is 0 Å². The van der Waals surface area contributed by atoms with Crippen molar-refractivity contribution in [3.63, 3.8) is 0 Å². The maximum absolute atomic E-state index is 11.0. The molecule has 1 aliphatic carbocycles. The molecule has 0 aliphatic heterocycles. The van der Waals surface area contributed by atoms with E-state index in [4.69, 9.17) is 5.11 Å². The topological polar surface area (TPSA) is 66.3 Å². The quantitative estimate of drug-likeness (QED) is 0.916. The Morgan fingerprint density at radius 3 is 2.55 bits per heavy atom. The van der Waals surface area contributed by atoms with Crippen molar-refractivity contribution in [2.24, 2.45) is 5.92 Å². The van der Waals surface area contributed by atoms with Crippen LogP contribution in [0.1, 0.15) is 55.1 Å². The molecule has 1 saturated carbocycles. The Morgan fingerprint density at radius 2 is 2.05 bits per heavy atom. The van der Waals surface area contributed by atoms with E-state index in [1.165, 1.54) is 25.5 Å². The average molecular weight is 277 g/mol. The monoisotopic (exact) mass is 277 g/mol. The van der Waals surface area contributed by atoms with Gasteiger partial charge in [-0.05, 0) is 38.5 Å². The molecule has 1 N–H and O–H groups in total. The van der Waals surface area contributed by atoms with Gasteiger partial charge in [0.25, 0.3) is 0 Å². The summed E-state index contributed by atoms with van der Waals surface area (Å²) in [7, 11) is 2.01. The number of carboxylic acid groups (broad SMARTS) is 1. The van der Waals surface area contributed by atoms with Crippen LogP contribution in [-0.2, 0) is 0 Å². The molecular formula is C15H23N3O2. The highest BCUT2D eigenvalue weighted by molar-refractivity contribution is 5.88. The first-order valence-corrected chi connectivity index (χ1v) is 7.32. The second kappa shape index (κ2) is 6.20. The van der Waals surface area contributed by atoms with Crippen molar-refractivity contribution in [2.45, 2.75) is 52.0 Å². The van der Waals surface area contributed by atoms with Gasteiger partial charge < -0.3 is 10.0 Å². The molecular weight excluding hydrogens is 254 g/mol. The van der Waals surface area contributed by atoms with Gasteiger partial charge in [0.05, 0.1) is 11.3 Å². The van der Waals surface area contributed by atoms with Gasteiger partial charge in [0.2, 0.25) is 5.95 Å². The van der Waals surface area contributed by atoms with Crippen LogP contribution in [0.25, 0.3) is 0 Å². The highest BCUT2D eigenvalue weighted by Gasteiger charge is 2.25. The lowest BCUT2D eigenvalue weighted by molar-refractivity contribution is 0.0695. The molecule has 0 bridgehead atoms. The SMILES string of the molecule is CCC1CCC(N(C)c2ncc(C(=O)O)c(C)n2)CC1. The first-order chi connectivity index (χ1) is 9.52. The van der Waals surface area contributed by atoms with Gasteiger partial charge in [0.15, 0.2) is 0 Å². The van der Waals surface area contributed by atoms with E-state index in [1.54, 1.807) is 6.92 Å². The Bertz CT molecular complexity index is 482. The molecule has 2 rings (SSSR count). The summed E-state index contributed by atoms with van der Waals surface area (Å²) in [5, 5.41) is 9.01. The maximum atomic E-state index is 11.0. The number of nitrogens with zero attached hydrogens (tertiary/aromatic N) is 3.